The Morgan fingerprint density at radius 3 is 2.71 bits per heavy atom. The molecular weight excluding hydrogens is 372 g/mol. The van der Waals surface area contributed by atoms with Crippen molar-refractivity contribution in [3.63, 3.8) is 0 Å². The number of hydrogen-bond donors (Lipinski definition) is 1. The van der Waals surface area contributed by atoms with Gasteiger partial charge in [-0.2, -0.15) is 0 Å². The molecule has 0 aliphatic carbocycles. The van der Waals surface area contributed by atoms with E-state index in [0.717, 1.165) is 17.0 Å². The second-order valence-electron chi connectivity index (χ2n) is 6.66. The van der Waals surface area contributed by atoms with Gasteiger partial charge in [0.15, 0.2) is 5.76 Å². The molecule has 0 spiro atoms. The Balaban J connectivity index is 1.45. The lowest BCUT2D eigenvalue weighted by atomic mass is 10.1. The number of amides is 2. The van der Waals surface area contributed by atoms with Gasteiger partial charge in [-0.25, -0.2) is 0 Å². The van der Waals surface area contributed by atoms with Gasteiger partial charge >= 0.3 is 0 Å². The Labute approximate surface area is 167 Å². The van der Waals surface area contributed by atoms with E-state index < -0.39 is 0 Å². The average Bonchev–Trinajstić information content (AvgIpc) is 3.34. The molecule has 2 heterocycles. The minimum Gasteiger partial charge on any atom is -0.459 e. The molecule has 0 saturated heterocycles. The summed E-state index contributed by atoms with van der Waals surface area (Å²) >= 11 is 1.42. The maximum Gasteiger partial charge on any atom is 0.291 e. The predicted molar refractivity (Wildman–Crippen MR) is 111 cm³/mol. The number of para-hydroxylation sites is 2. The molecular formula is C22H20N2O3S. The summed E-state index contributed by atoms with van der Waals surface area (Å²) in [6.45, 7) is 2.07. The molecule has 1 N–H and O–H groups in total. The Morgan fingerprint density at radius 1 is 1.11 bits per heavy atom. The van der Waals surface area contributed by atoms with E-state index in [1.165, 1.54) is 23.6 Å². The van der Waals surface area contributed by atoms with Gasteiger partial charge in [-0.15, -0.1) is 11.8 Å². The van der Waals surface area contributed by atoms with E-state index >= 15 is 0 Å². The molecule has 0 radical (unpaired) electrons. The van der Waals surface area contributed by atoms with Gasteiger partial charge in [-0.05, 0) is 49.2 Å². The molecule has 1 atom stereocenters. The van der Waals surface area contributed by atoms with Crippen LogP contribution in [0.25, 0.3) is 0 Å². The summed E-state index contributed by atoms with van der Waals surface area (Å²) in [5.41, 5.74) is 2.87. The van der Waals surface area contributed by atoms with Crippen molar-refractivity contribution in [1.82, 2.24) is 0 Å². The molecule has 0 saturated carbocycles. The van der Waals surface area contributed by atoms with E-state index in [-0.39, 0.29) is 23.6 Å². The topological polar surface area (TPSA) is 62.6 Å². The Kier molecular flexibility index (Phi) is 5.21. The molecule has 2 aromatic carbocycles. The largest absolute Gasteiger partial charge is 0.459 e. The number of thioether (sulfide) groups is 1. The third-order valence-electron chi connectivity index (χ3n) is 4.71. The zero-order valence-electron chi connectivity index (χ0n) is 15.4. The van der Waals surface area contributed by atoms with Gasteiger partial charge in [0.25, 0.3) is 5.91 Å². The van der Waals surface area contributed by atoms with Crippen LogP contribution in [0.15, 0.2) is 76.2 Å². The second kappa shape index (κ2) is 7.94. The fourth-order valence-corrected chi connectivity index (χ4v) is 4.31. The molecule has 28 heavy (non-hydrogen) atoms. The maximum absolute atomic E-state index is 12.9. The monoisotopic (exact) mass is 392 g/mol. The third-order valence-corrected chi connectivity index (χ3v) is 5.77. The van der Waals surface area contributed by atoms with Crippen molar-refractivity contribution in [3.05, 3.63) is 78.3 Å². The fraction of sp³-hybridized carbons (Fsp3) is 0.182. The predicted octanol–water partition coefficient (Wildman–Crippen LogP) is 4.60. The van der Waals surface area contributed by atoms with E-state index in [1.54, 1.807) is 12.1 Å². The molecule has 4 rings (SSSR count). The lowest BCUT2D eigenvalue weighted by molar-refractivity contribution is -0.116. The number of hydrogen-bond acceptors (Lipinski definition) is 4. The summed E-state index contributed by atoms with van der Waals surface area (Å²) < 4.78 is 5.14. The highest BCUT2D eigenvalue weighted by Crippen LogP contribution is 2.34. The van der Waals surface area contributed by atoms with Crippen LogP contribution in [-0.2, 0) is 11.2 Å². The highest BCUT2D eigenvalue weighted by Gasteiger charge is 2.30. The lowest BCUT2D eigenvalue weighted by Crippen LogP contribution is -2.36. The standard InChI is InChI=1S/C22H20N2O3S/c1-15-13-16-7-2-4-9-18(16)24(15)21(25)14-28-20-11-5-3-8-17(20)23-22(26)19-10-6-12-27-19/h2-12,15H,13-14H2,1H3,(H,23,26)/t15-/m1/s1. The molecule has 6 heteroatoms. The SMILES string of the molecule is C[C@@H]1Cc2ccccc2N1C(=O)CSc1ccccc1NC(=O)c1ccco1. The number of furan rings is 1. The van der Waals surface area contributed by atoms with E-state index in [1.807, 2.05) is 47.4 Å². The molecule has 0 unspecified atom stereocenters. The van der Waals surface area contributed by atoms with Crippen molar-refractivity contribution in [2.45, 2.75) is 24.3 Å². The van der Waals surface area contributed by atoms with Crippen molar-refractivity contribution < 1.29 is 14.0 Å². The van der Waals surface area contributed by atoms with Gasteiger partial charge in [-0.3, -0.25) is 9.59 Å². The summed E-state index contributed by atoms with van der Waals surface area (Å²) in [4.78, 5) is 27.9. The normalized spacial score (nSPS) is 15.3. The maximum atomic E-state index is 12.9. The molecule has 1 aromatic heterocycles. The van der Waals surface area contributed by atoms with Crippen LogP contribution in [0.2, 0.25) is 0 Å². The molecule has 0 fully saturated rings. The van der Waals surface area contributed by atoms with E-state index in [4.69, 9.17) is 4.42 Å². The summed E-state index contributed by atoms with van der Waals surface area (Å²) in [7, 11) is 0. The summed E-state index contributed by atoms with van der Waals surface area (Å²) in [6.07, 6.45) is 2.34. The van der Waals surface area contributed by atoms with Crippen LogP contribution < -0.4 is 10.2 Å². The van der Waals surface area contributed by atoms with Crippen molar-refractivity contribution >= 4 is 35.0 Å². The Bertz CT molecular complexity index is 1000. The third kappa shape index (κ3) is 3.68. The van der Waals surface area contributed by atoms with Crippen LogP contribution in [0.3, 0.4) is 0 Å². The average molecular weight is 392 g/mol. The summed E-state index contributed by atoms with van der Waals surface area (Å²) in [5.74, 6) is 0.297. The first kappa shape index (κ1) is 18.4. The number of rotatable bonds is 5. The minimum atomic E-state index is -0.313. The Hall–Kier alpha value is -2.99. The first-order chi connectivity index (χ1) is 13.6. The number of nitrogens with zero attached hydrogens (tertiary/aromatic N) is 1. The quantitative estimate of drug-likeness (QED) is 0.645. The number of carbonyl (C=O) groups is 2. The molecule has 5 nitrogen and oxygen atoms in total. The number of nitrogens with one attached hydrogen (secondary N) is 1. The zero-order valence-corrected chi connectivity index (χ0v) is 16.2. The van der Waals surface area contributed by atoms with Gasteiger partial charge in [0.05, 0.1) is 17.7 Å². The lowest BCUT2D eigenvalue weighted by Gasteiger charge is -2.22. The van der Waals surface area contributed by atoms with Crippen LogP contribution in [0.1, 0.15) is 23.0 Å². The van der Waals surface area contributed by atoms with Crippen LogP contribution in [0, 0.1) is 0 Å². The first-order valence-corrected chi connectivity index (χ1v) is 10.1. The van der Waals surface area contributed by atoms with Crippen LogP contribution >= 0.6 is 11.8 Å². The van der Waals surface area contributed by atoms with Crippen LogP contribution in [0.4, 0.5) is 11.4 Å². The van der Waals surface area contributed by atoms with Gasteiger partial charge in [0.2, 0.25) is 5.91 Å². The summed E-state index contributed by atoms with van der Waals surface area (Å²) in [6, 6.07) is 18.9. The molecule has 142 valence electrons. The number of benzene rings is 2. The van der Waals surface area contributed by atoms with E-state index in [0.29, 0.717) is 11.4 Å². The molecule has 0 bridgehead atoms. The first-order valence-electron chi connectivity index (χ1n) is 9.10. The van der Waals surface area contributed by atoms with Crippen molar-refractivity contribution in [3.8, 4) is 0 Å². The van der Waals surface area contributed by atoms with Crippen molar-refractivity contribution in [2.75, 3.05) is 16.0 Å². The van der Waals surface area contributed by atoms with Crippen LogP contribution in [0.5, 0.6) is 0 Å². The van der Waals surface area contributed by atoms with Crippen molar-refractivity contribution in [2.24, 2.45) is 0 Å². The smallest absolute Gasteiger partial charge is 0.291 e. The molecule has 2 amide bonds. The van der Waals surface area contributed by atoms with Gasteiger partial charge in [-0.1, -0.05) is 30.3 Å². The summed E-state index contributed by atoms with van der Waals surface area (Å²) in [5, 5.41) is 2.85. The van der Waals surface area contributed by atoms with E-state index in [9.17, 15) is 9.59 Å². The van der Waals surface area contributed by atoms with E-state index in [2.05, 4.69) is 18.3 Å². The van der Waals surface area contributed by atoms with Crippen LogP contribution in [-0.4, -0.2) is 23.6 Å². The highest BCUT2D eigenvalue weighted by molar-refractivity contribution is 8.00. The second-order valence-corrected chi connectivity index (χ2v) is 7.68. The molecule has 1 aliphatic rings. The zero-order chi connectivity index (χ0) is 19.5. The highest BCUT2D eigenvalue weighted by atomic mass is 32.2. The Morgan fingerprint density at radius 2 is 1.89 bits per heavy atom. The number of carbonyl (C=O) groups excluding carboxylic acids is 2. The number of anilines is 2. The van der Waals surface area contributed by atoms with Gasteiger partial charge in [0.1, 0.15) is 0 Å². The van der Waals surface area contributed by atoms with Gasteiger partial charge in [0, 0.05) is 16.6 Å². The minimum absolute atomic E-state index is 0.0645. The fourth-order valence-electron chi connectivity index (χ4n) is 3.44. The van der Waals surface area contributed by atoms with Gasteiger partial charge < -0.3 is 14.6 Å². The molecule has 1 aliphatic heterocycles. The van der Waals surface area contributed by atoms with Crippen molar-refractivity contribution in [1.29, 1.82) is 0 Å². The molecule has 3 aromatic rings. The number of fused-ring (bicyclic) bond motifs is 1.